The van der Waals surface area contributed by atoms with Gasteiger partial charge in [-0.25, -0.2) is 0 Å². The number of nitrogens with one attached hydrogen (secondary N) is 1. The molecule has 3 aromatic rings. The SMILES string of the molecule is CN1CCN(CCCOC2(COc3cc(OCc4cncc(C#N)c4)c(CNC(C)(CO)C(=O)O)cc3Cl)C=CC=C(c3ccccc3)C2(C)C)CC1=O. The number of piperazine rings is 1. The third-order valence-corrected chi connectivity index (χ3v) is 10.6. The normalized spacial score (nSPS) is 19.5. The van der Waals surface area contributed by atoms with Gasteiger partial charge >= 0.3 is 5.97 Å². The van der Waals surface area contributed by atoms with Crippen LogP contribution in [0.15, 0.2) is 79.2 Å². The fourth-order valence-electron chi connectivity index (χ4n) is 6.48. The highest BCUT2D eigenvalue weighted by molar-refractivity contribution is 6.32. The van der Waals surface area contributed by atoms with E-state index in [2.05, 4.69) is 53.3 Å². The molecule has 13 heteroatoms. The smallest absolute Gasteiger partial charge is 0.326 e. The monoisotopic (exact) mass is 757 g/mol. The molecule has 1 aromatic heterocycles. The van der Waals surface area contributed by atoms with E-state index in [1.165, 1.54) is 13.1 Å². The van der Waals surface area contributed by atoms with Crippen molar-refractivity contribution in [3.8, 4) is 17.6 Å². The number of carbonyl (C=O) groups is 2. The molecule has 0 spiro atoms. The molecule has 12 nitrogen and oxygen atoms in total. The number of allylic oxidation sites excluding steroid dienone is 2. The molecule has 5 rings (SSSR count). The van der Waals surface area contributed by atoms with Gasteiger partial charge in [-0.2, -0.15) is 5.26 Å². The van der Waals surface area contributed by atoms with Crippen molar-refractivity contribution in [1.29, 1.82) is 5.26 Å². The molecule has 2 aliphatic rings. The van der Waals surface area contributed by atoms with Crippen LogP contribution in [-0.2, 0) is 27.5 Å². The predicted molar refractivity (Wildman–Crippen MR) is 205 cm³/mol. The van der Waals surface area contributed by atoms with Gasteiger partial charge in [0.15, 0.2) is 0 Å². The Hall–Kier alpha value is -4.77. The van der Waals surface area contributed by atoms with Crippen molar-refractivity contribution in [2.45, 2.75) is 51.5 Å². The number of pyridine rings is 1. The topological polar surface area (TPSA) is 157 Å². The lowest BCUT2D eigenvalue weighted by molar-refractivity contribution is -0.146. The highest BCUT2D eigenvalue weighted by Gasteiger charge is 2.49. The number of halogens is 1. The van der Waals surface area contributed by atoms with Crippen LogP contribution in [0.25, 0.3) is 5.57 Å². The van der Waals surface area contributed by atoms with Crippen LogP contribution in [0.3, 0.4) is 0 Å². The maximum Gasteiger partial charge on any atom is 0.326 e. The average molecular weight is 758 g/mol. The number of benzene rings is 2. The number of rotatable bonds is 17. The summed E-state index contributed by atoms with van der Waals surface area (Å²) in [6, 6.07) is 17.2. The van der Waals surface area contributed by atoms with Crippen molar-refractivity contribution in [1.82, 2.24) is 20.1 Å². The van der Waals surface area contributed by atoms with Gasteiger partial charge in [0.2, 0.25) is 5.91 Å². The molecule has 0 saturated carbocycles. The molecule has 1 amide bonds. The van der Waals surface area contributed by atoms with Gasteiger partial charge < -0.3 is 29.3 Å². The summed E-state index contributed by atoms with van der Waals surface area (Å²) in [6.07, 6.45) is 9.88. The Kier molecular flexibility index (Phi) is 13.2. The second-order valence-corrected chi connectivity index (χ2v) is 14.8. The fourth-order valence-corrected chi connectivity index (χ4v) is 6.72. The number of aliphatic carboxylic acids is 1. The Morgan fingerprint density at radius 3 is 2.61 bits per heavy atom. The molecular formula is C41H48ClN5O7. The van der Waals surface area contributed by atoms with Gasteiger partial charge in [-0.15, -0.1) is 0 Å². The van der Waals surface area contributed by atoms with Crippen molar-refractivity contribution in [2.24, 2.45) is 5.41 Å². The number of aromatic nitrogens is 1. The highest BCUT2D eigenvalue weighted by Crippen LogP contribution is 2.49. The van der Waals surface area contributed by atoms with Crippen LogP contribution >= 0.6 is 11.6 Å². The van der Waals surface area contributed by atoms with E-state index in [4.69, 9.17) is 25.8 Å². The Labute approximate surface area is 321 Å². The summed E-state index contributed by atoms with van der Waals surface area (Å²) in [5.74, 6) is -0.427. The molecule has 0 radical (unpaired) electrons. The van der Waals surface area contributed by atoms with E-state index in [1.54, 1.807) is 29.3 Å². The molecule has 3 N–H and O–H groups in total. The molecule has 2 aromatic carbocycles. The molecule has 286 valence electrons. The maximum absolute atomic E-state index is 12.3. The molecular weight excluding hydrogens is 710 g/mol. The van der Waals surface area contributed by atoms with Crippen LogP contribution in [-0.4, -0.2) is 101 Å². The number of carbonyl (C=O) groups excluding carboxylic acids is 1. The number of aliphatic hydroxyl groups excluding tert-OH is 1. The number of hydrogen-bond donors (Lipinski definition) is 3. The van der Waals surface area contributed by atoms with Gasteiger partial charge in [-0.3, -0.25) is 24.8 Å². The van der Waals surface area contributed by atoms with E-state index in [0.29, 0.717) is 60.9 Å². The van der Waals surface area contributed by atoms with Crippen molar-refractivity contribution >= 4 is 29.1 Å². The Bertz CT molecular complexity index is 1910. The summed E-state index contributed by atoms with van der Waals surface area (Å²) < 4.78 is 19.7. The van der Waals surface area contributed by atoms with Gasteiger partial charge in [-0.05, 0) is 42.7 Å². The minimum absolute atomic E-state index is 0.00211. The Morgan fingerprint density at radius 1 is 1.13 bits per heavy atom. The van der Waals surface area contributed by atoms with Crippen molar-refractivity contribution < 1.29 is 34.0 Å². The van der Waals surface area contributed by atoms with Crippen molar-refractivity contribution in [3.05, 3.63) is 106 Å². The number of amides is 1. The molecule has 2 atom stereocenters. The molecule has 2 heterocycles. The minimum Gasteiger partial charge on any atom is -0.488 e. The lowest BCUT2D eigenvalue weighted by atomic mass is 9.65. The van der Waals surface area contributed by atoms with E-state index < -0.39 is 29.1 Å². The van der Waals surface area contributed by atoms with Crippen LogP contribution in [0.2, 0.25) is 5.02 Å². The zero-order valence-corrected chi connectivity index (χ0v) is 31.9. The van der Waals surface area contributed by atoms with E-state index in [9.17, 15) is 25.1 Å². The molecule has 0 bridgehead atoms. The van der Waals surface area contributed by atoms with E-state index in [-0.39, 0.29) is 30.7 Å². The van der Waals surface area contributed by atoms with Gasteiger partial charge in [0.1, 0.15) is 41.9 Å². The number of hydrogen-bond acceptors (Lipinski definition) is 10. The average Bonchev–Trinajstić information content (AvgIpc) is 3.17. The molecule has 2 unspecified atom stereocenters. The van der Waals surface area contributed by atoms with Crippen LogP contribution in [0.1, 0.15) is 49.4 Å². The predicted octanol–water partition coefficient (Wildman–Crippen LogP) is 5.09. The van der Waals surface area contributed by atoms with E-state index in [1.807, 2.05) is 37.4 Å². The first-order chi connectivity index (χ1) is 25.8. The number of aliphatic hydroxyl groups is 1. The van der Waals surface area contributed by atoms with Gasteiger partial charge in [0.25, 0.3) is 0 Å². The first-order valence-electron chi connectivity index (χ1n) is 17.9. The lowest BCUT2D eigenvalue weighted by Crippen LogP contribution is -2.52. The molecule has 54 heavy (non-hydrogen) atoms. The Balaban J connectivity index is 1.42. The highest BCUT2D eigenvalue weighted by atomic mass is 35.5. The molecule has 1 aliphatic heterocycles. The number of ether oxygens (including phenoxy) is 3. The second-order valence-electron chi connectivity index (χ2n) is 14.4. The second kappa shape index (κ2) is 17.6. The maximum atomic E-state index is 12.3. The van der Waals surface area contributed by atoms with Gasteiger partial charge in [-0.1, -0.05) is 67.9 Å². The quantitative estimate of drug-likeness (QED) is 0.158. The van der Waals surface area contributed by atoms with Gasteiger partial charge in [0.05, 0.1) is 23.7 Å². The first-order valence-corrected chi connectivity index (χ1v) is 18.3. The summed E-state index contributed by atoms with van der Waals surface area (Å²) in [7, 11) is 1.83. The Morgan fingerprint density at radius 2 is 1.91 bits per heavy atom. The zero-order valence-electron chi connectivity index (χ0n) is 31.2. The van der Waals surface area contributed by atoms with Crippen LogP contribution in [0.5, 0.6) is 11.5 Å². The summed E-state index contributed by atoms with van der Waals surface area (Å²) in [6.45, 7) is 8.18. The summed E-state index contributed by atoms with van der Waals surface area (Å²) in [5, 5.41) is 32.1. The largest absolute Gasteiger partial charge is 0.488 e. The lowest BCUT2D eigenvalue weighted by Gasteiger charge is -2.47. The number of nitriles is 1. The third-order valence-electron chi connectivity index (χ3n) is 10.3. The van der Waals surface area contributed by atoms with E-state index >= 15 is 0 Å². The van der Waals surface area contributed by atoms with Crippen molar-refractivity contribution in [3.63, 3.8) is 0 Å². The van der Waals surface area contributed by atoms with Gasteiger partial charge in [0, 0.05) is 74.8 Å². The van der Waals surface area contributed by atoms with Crippen LogP contribution < -0.4 is 14.8 Å². The van der Waals surface area contributed by atoms with Crippen molar-refractivity contribution in [2.75, 3.05) is 53.0 Å². The van der Waals surface area contributed by atoms with E-state index in [0.717, 1.165) is 17.7 Å². The fraction of sp³-hybridized carbons (Fsp3) is 0.415. The molecule has 1 saturated heterocycles. The zero-order chi connectivity index (χ0) is 38.9. The molecule has 1 fully saturated rings. The van der Waals surface area contributed by atoms with Crippen LogP contribution in [0, 0.1) is 16.7 Å². The summed E-state index contributed by atoms with van der Waals surface area (Å²) in [4.78, 5) is 32.2. The summed E-state index contributed by atoms with van der Waals surface area (Å²) >= 11 is 6.87. The number of nitrogens with zero attached hydrogens (tertiary/aromatic N) is 4. The first kappa shape index (κ1) is 40.4. The third kappa shape index (κ3) is 9.29. The summed E-state index contributed by atoms with van der Waals surface area (Å²) in [5.41, 5.74) is 0.568. The number of carboxylic acids is 1. The van der Waals surface area contributed by atoms with Crippen LogP contribution in [0.4, 0.5) is 0 Å². The standard InChI is InChI=1S/C41H48ClN5O7/c1-39(2)33(31-10-6-5-7-11-31)12-8-13-41(39,54-17-9-14-47-16-15-46(4)37(49)25-47)28-53-36-20-35(52-26-30-18-29(21-43)22-44-23-30)32(19-34(36)42)24-45-40(3,27-48)38(50)51/h5-8,10-13,18-20,22-23,45,48H,9,14-17,24-28H2,1-4H3,(H,50,51). The number of carboxylic acid groups (broad SMARTS) is 1. The molecule has 1 aliphatic carbocycles. The minimum atomic E-state index is -1.61. The number of likely N-dealkylation sites (N-methyl/N-ethyl adjacent to an activating group) is 1.